The summed E-state index contributed by atoms with van der Waals surface area (Å²) in [5.41, 5.74) is 4.03. The summed E-state index contributed by atoms with van der Waals surface area (Å²) in [6.07, 6.45) is 3.59. The normalized spacial score (nSPS) is 15.7. The van der Waals surface area contributed by atoms with Gasteiger partial charge >= 0.3 is 0 Å². The molecule has 2 aromatic carbocycles. The number of carbonyl (C=O) groups excluding carboxylic acids is 1. The Labute approximate surface area is 181 Å². The van der Waals surface area contributed by atoms with Crippen LogP contribution in [0.2, 0.25) is 0 Å². The standard InChI is InChI=1S/C25H34N4O/c1-27(2)15-14-26-23-11-8-21(9-12-23)10-13-25(30)24-7-5-4-6-22(24)20-29-18-16-28(3)17-19-29/h4-13,26H,14-20H2,1-3H3/b13-10+. The van der Waals surface area contributed by atoms with Gasteiger partial charge in [-0.15, -0.1) is 0 Å². The highest BCUT2D eigenvalue weighted by atomic mass is 16.1. The minimum absolute atomic E-state index is 0.0629. The molecule has 0 aliphatic carbocycles. The van der Waals surface area contributed by atoms with E-state index >= 15 is 0 Å². The van der Waals surface area contributed by atoms with Crippen LogP contribution in [-0.4, -0.2) is 80.9 Å². The summed E-state index contributed by atoms with van der Waals surface area (Å²) in [6, 6.07) is 16.2. The molecule has 0 radical (unpaired) electrons. The Balaban J connectivity index is 1.59. The number of piperazine rings is 1. The van der Waals surface area contributed by atoms with Crippen LogP contribution >= 0.6 is 0 Å². The number of rotatable bonds is 9. The van der Waals surface area contributed by atoms with Crippen molar-refractivity contribution in [2.75, 3.05) is 65.7 Å². The third kappa shape index (κ3) is 6.80. The minimum atomic E-state index is 0.0629. The Morgan fingerprint density at radius 2 is 1.73 bits per heavy atom. The van der Waals surface area contributed by atoms with Crippen LogP contribution in [0.25, 0.3) is 6.08 Å². The van der Waals surface area contributed by atoms with E-state index < -0.39 is 0 Å². The van der Waals surface area contributed by atoms with Crippen LogP contribution in [0.15, 0.2) is 54.6 Å². The van der Waals surface area contributed by atoms with Crippen molar-refractivity contribution < 1.29 is 4.79 Å². The van der Waals surface area contributed by atoms with Crippen LogP contribution < -0.4 is 5.32 Å². The van der Waals surface area contributed by atoms with Gasteiger partial charge in [-0.3, -0.25) is 9.69 Å². The van der Waals surface area contributed by atoms with Gasteiger partial charge in [0.25, 0.3) is 0 Å². The van der Waals surface area contributed by atoms with Crippen molar-refractivity contribution in [1.82, 2.24) is 14.7 Å². The maximum absolute atomic E-state index is 12.9. The third-order valence-electron chi connectivity index (χ3n) is 5.50. The van der Waals surface area contributed by atoms with E-state index in [9.17, 15) is 4.79 Å². The molecule has 0 atom stereocenters. The molecular formula is C25H34N4O. The first-order valence-corrected chi connectivity index (χ1v) is 10.7. The van der Waals surface area contributed by atoms with E-state index in [1.165, 1.54) is 0 Å². The van der Waals surface area contributed by atoms with Crippen LogP contribution in [0.4, 0.5) is 5.69 Å². The molecule has 160 valence electrons. The molecule has 0 unspecified atom stereocenters. The number of hydrogen-bond acceptors (Lipinski definition) is 5. The maximum atomic E-state index is 12.9. The summed E-state index contributed by atoms with van der Waals surface area (Å²) in [5, 5.41) is 3.40. The molecule has 0 spiro atoms. The molecule has 5 nitrogen and oxygen atoms in total. The number of nitrogens with one attached hydrogen (secondary N) is 1. The average Bonchev–Trinajstić information content (AvgIpc) is 2.75. The second-order valence-corrected chi connectivity index (χ2v) is 8.29. The van der Waals surface area contributed by atoms with E-state index in [0.29, 0.717) is 0 Å². The van der Waals surface area contributed by atoms with E-state index in [0.717, 1.165) is 68.2 Å². The van der Waals surface area contributed by atoms with Crippen LogP contribution in [0.3, 0.4) is 0 Å². The van der Waals surface area contributed by atoms with Crippen LogP contribution in [-0.2, 0) is 6.54 Å². The first-order chi connectivity index (χ1) is 14.5. The molecule has 0 amide bonds. The first kappa shape index (κ1) is 22.2. The molecule has 1 aliphatic rings. The highest BCUT2D eigenvalue weighted by molar-refractivity contribution is 6.07. The van der Waals surface area contributed by atoms with Crippen LogP contribution in [0, 0.1) is 0 Å². The van der Waals surface area contributed by atoms with Gasteiger partial charge in [0.1, 0.15) is 0 Å². The molecular weight excluding hydrogens is 372 g/mol. The molecule has 0 bridgehead atoms. The summed E-state index contributed by atoms with van der Waals surface area (Å²) in [7, 11) is 6.29. The fraction of sp³-hybridized carbons (Fsp3) is 0.400. The second-order valence-electron chi connectivity index (χ2n) is 8.29. The zero-order valence-corrected chi connectivity index (χ0v) is 18.5. The lowest BCUT2D eigenvalue weighted by Gasteiger charge is -2.32. The molecule has 0 saturated carbocycles. The van der Waals surface area contributed by atoms with Crippen molar-refractivity contribution in [2.24, 2.45) is 0 Å². The van der Waals surface area contributed by atoms with Gasteiger partial charge in [-0.25, -0.2) is 0 Å². The Morgan fingerprint density at radius 3 is 2.43 bits per heavy atom. The Bertz CT molecular complexity index is 836. The number of hydrogen-bond donors (Lipinski definition) is 1. The molecule has 1 heterocycles. The lowest BCUT2D eigenvalue weighted by atomic mass is 10.0. The highest BCUT2D eigenvalue weighted by Crippen LogP contribution is 2.16. The van der Waals surface area contributed by atoms with Crippen molar-refractivity contribution in [1.29, 1.82) is 0 Å². The van der Waals surface area contributed by atoms with Gasteiger partial charge in [0.05, 0.1) is 0 Å². The average molecular weight is 407 g/mol. The Hall–Kier alpha value is -2.47. The van der Waals surface area contributed by atoms with E-state index in [-0.39, 0.29) is 5.78 Å². The van der Waals surface area contributed by atoms with Crippen molar-refractivity contribution in [2.45, 2.75) is 6.54 Å². The minimum Gasteiger partial charge on any atom is -0.384 e. The summed E-state index contributed by atoms with van der Waals surface area (Å²) in [6.45, 7) is 6.98. The van der Waals surface area contributed by atoms with Crippen LogP contribution in [0.1, 0.15) is 21.5 Å². The van der Waals surface area contributed by atoms with Gasteiger partial charge < -0.3 is 15.1 Å². The smallest absolute Gasteiger partial charge is 0.186 e. The van der Waals surface area contributed by atoms with Crippen molar-refractivity contribution in [3.8, 4) is 0 Å². The lowest BCUT2D eigenvalue weighted by Crippen LogP contribution is -2.44. The maximum Gasteiger partial charge on any atom is 0.186 e. The second kappa shape index (κ2) is 11.1. The van der Waals surface area contributed by atoms with Gasteiger partial charge in [-0.2, -0.15) is 0 Å². The first-order valence-electron chi connectivity index (χ1n) is 10.7. The monoisotopic (exact) mass is 406 g/mol. The number of carbonyl (C=O) groups is 1. The molecule has 5 heteroatoms. The zero-order chi connectivity index (χ0) is 21.3. The Kier molecular flexibility index (Phi) is 8.20. The number of nitrogens with zero attached hydrogens (tertiary/aromatic N) is 3. The van der Waals surface area contributed by atoms with Crippen molar-refractivity contribution >= 4 is 17.5 Å². The van der Waals surface area contributed by atoms with Gasteiger partial charge in [0, 0.05) is 57.1 Å². The molecule has 0 aromatic heterocycles. The van der Waals surface area contributed by atoms with Gasteiger partial charge in [-0.05, 0) is 50.5 Å². The van der Waals surface area contributed by atoms with Crippen molar-refractivity contribution in [3.05, 3.63) is 71.3 Å². The number of allylic oxidation sites excluding steroid dienone is 1. The molecule has 1 N–H and O–H groups in total. The fourth-order valence-electron chi connectivity index (χ4n) is 3.54. The molecule has 3 rings (SSSR count). The molecule has 1 saturated heterocycles. The lowest BCUT2D eigenvalue weighted by molar-refractivity contribution is 0.104. The summed E-state index contributed by atoms with van der Waals surface area (Å²) in [5.74, 6) is 0.0629. The topological polar surface area (TPSA) is 38.8 Å². The number of ketones is 1. The van der Waals surface area contributed by atoms with E-state index in [2.05, 4.69) is 59.4 Å². The third-order valence-corrected chi connectivity index (χ3v) is 5.50. The van der Waals surface area contributed by atoms with E-state index in [1.807, 2.05) is 36.4 Å². The summed E-state index contributed by atoms with van der Waals surface area (Å²) >= 11 is 0. The van der Waals surface area contributed by atoms with Gasteiger partial charge in [0.15, 0.2) is 5.78 Å². The summed E-state index contributed by atoms with van der Waals surface area (Å²) < 4.78 is 0. The molecule has 1 aliphatic heterocycles. The summed E-state index contributed by atoms with van der Waals surface area (Å²) in [4.78, 5) is 19.8. The molecule has 1 fully saturated rings. The predicted molar refractivity (Wildman–Crippen MR) is 126 cm³/mol. The van der Waals surface area contributed by atoms with E-state index in [4.69, 9.17) is 0 Å². The van der Waals surface area contributed by atoms with Gasteiger partial charge in [-0.1, -0.05) is 42.5 Å². The quantitative estimate of drug-likeness (QED) is 0.511. The molecule has 2 aromatic rings. The fourth-order valence-corrected chi connectivity index (χ4v) is 3.54. The number of anilines is 1. The number of likely N-dealkylation sites (N-methyl/N-ethyl adjacent to an activating group) is 2. The Morgan fingerprint density at radius 1 is 1.03 bits per heavy atom. The predicted octanol–water partition coefficient (Wildman–Crippen LogP) is 3.30. The number of benzene rings is 2. The highest BCUT2D eigenvalue weighted by Gasteiger charge is 2.16. The van der Waals surface area contributed by atoms with Gasteiger partial charge in [0.2, 0.25) is 0 Å². The van der Waals surface area contributed by atoms with Crippen molar-refractivity contribution in [3.63, 3.8) is 0 Å². The SMILES string of the molecule is CN(C)CCNc1ccc(/C=C/C(=O)c2ccccc2CN2CCN(C)CC2)cc1. The van der Waals surface area contributed by atoms with E-state index in [1.54, 1.807) is 6.08 Å². The largest absolute Gasteiger partial charge is 0.384 e. The van der Waals surface area contributed by atoms with Crippen LogP contribution in [0.5, 0.6) is 0 Å². The zero-order valence-electron chi connectivity index (χ0n) is 18.5. The molecule has 30 heavy (non-hydrogen) atoms.